The van der Waals surface area contributed by atoms with E-state index >= 15 is 0 Å². The summed E-state index contributed by atoms with van der Waals surface area (Å²) in [6, 6.07) is 30.0. The maximum atomic E-state index is 12.7. The zero-order chi connectivity index (χ0) is 75.7. The molecule has 0 aromatic heterocycles. The van der Waals surface area contributed by atoms with Gasteiger partial charge in [0.05, 0.1) is 66.9 Å². The number of ether oxygens (including phenoxy) is 5. The number of carboxylic acid groups (broad SMARTS) is 1. The number of esters is 2. The fourth-order valence-electron chi connectivity index (χ4n) is 5.62. The molecule has 70 heavy (non-hydrogen) atoms. The number of methoxy groups -OCH3 is 3. The Balaban J connectivity index is 0.000000356. The number of halogens is 3. The minimum Gasteiger partial charge on any atom is -0.497 e. The highest BCUT2D eigenvalue weighted by molar-refractivity contribution is 9.09. The third-order valence-corrected chi connectivity index (χ3v) is 9.86. The molecular formula is C54H64Br3NO12. The number of carbonyl (C=O) groups excluding carboxylic acids is 2. The van der Waals surface area contributed by atoms with Crippen molar-refractivity contribution in [2.24, 2.45) is 0 Å². The molecule has 0 fully saturated rings. The van der Waals surface area contributed by atoms with Crippen LogP contribution in [0.5, 0.6) is 17.2 Å². The van der Waals surface area contributed by atoms with Crippen molar-refractivity contribution in [2.75, 3.05) is 56.9 Å². The van der Waals surface area contributed by atoms with Crippen LogP contribution in [0.25, 0.3) is 32.3 Å². The SMILES string of the molecule is [2H]C(C)(C(=O)O)c1ccc2cc(OC)ccc2c1.[2H]C(C)(C(=O)OC([2H])([2H])C([2H])([2H])C([2H])([2H])C([2H])([2H])Br)c1ccc2cc(OC)ccc2c1.[2H]C([2H])(Br)C([2H])([2H])C([2H])([2H])C([2H])([2H])Br.[2H]C([2H])(OC(=O)[C@@]([2H])(C)c1ccc2cc(OC)ccc2c1)C([2H])([2H])C([2H])([2H])C([2H])([2H])O[N+](=O)[O-]. The fraction of sp³-hybridized carbons (Fsp3) is 0.389. The van der Waals surface area contributed by atoms with Crippen molar-refractivity contribution in [1.29, 1.82) is 0 Å². The molecule has 6 aromatic rings. The number of nitrogens with zero attached hydrogens (tertiary/aromatic N) is 1. The summed E-state index contributed by atoms with van der Waals surface area (Å²) >= 11 is 7.09. The van der Waals surface area contributed by atoms with Crippen LogP contribution in [0.2, 0.25) is 0 Å². The number of fused-ring (bicyclic) bond motifs is 3. The monoisotopic (exact) mass is 1180 g/mol. The van der Waals surface area contributed by atoms with Crippen LogP contribution in [-0.4, -0.2) is 85.0 Å². The molecule has 0 aliphatic rings. The number of rotatable bonds is 22. The van der Waals surface area contributed by atoms with Crippen molar-refractivity contribution in [3.05, 3.63) is 136 Å². The van der Waals surface area contributed by atoms with Crippen LogP contribution in [0.15, 0.2) is 109 Å². The number of hydrogen-bond acceptors (Lipinski definition) is 11. The highest BCUT2D eigenvalue weighted by Gasteiger charge is 2.19. The van der Waals surface area contributed by atoms with Crippen LogP contribution in [0.1, 0.15) is 130 Å². The molecule has 2 unspecified atom stereocenters. The Hall–Kier alpha value is -5.45. The molecular weight excluding hydrogens is 1090 g/mol. The zero-order valence-corrected chi connectivity index (χ0v) is 42.7. The molecule has 0 saturated carbocycles. The third-order valence-electron chi connectivity index (χ3n) is 9.26. The molecule has 0 amide bonds. The van der Waals surface area contributed by atoms with E-state index in [9.17, 15) is 24.5 Å². The Morgan fingerprint density at radius 1 is 0.529 bits per heavy atom. The normalized spacial score (nSPS) is 21.3. The first-order valence-electron chi connectivity index (χ1n) is 33.2. The van der Waals surface area contributed by atoms with Crippen LogP contribution in [0.4, 0.5) is 0 Å². The van der Waals surface area contributed by atoms with Gasteiger partial charge in [-0.15, -0.1) is 10.1 Å². The summed E-state index contributed by atoms with van der Waals surface area (Å²) in [7, 11) is 4.60. The smallest absolute Gasteiger partial charge is 0.313 e. The summed E-state index contributed by atoms with van der Waals surface area (Å²) < 4.78 is 229. The molecule has 3 atom stereocenters. The van der Waals surface area contributed by atoms with Gasteiger partial charge in [-0.05, 0) is 144 Å². The van der Waals surface area contributed by atoms with Gasteiger partial charge in [-0.1, -0.05) is 121 Å². The maximum absolute atomic E-state index is 12.7. The fourth-order valence-corrected chi connectivity index (χ4v) is 5.91. The summed E-state index contributed by atoms with van der Waals surface area (Å²) in [4.78, 5) is 50.5. The van der Waals surface area contributed by atoms with Crippen molar-refractivity contribution in [1.82, 2.24) is 0 Å². The van der Waals surface area contributed by atoms with E-state index < -0.39 is 114 Å². The van der Waals surface area contributed by atoms with Crippen LogP contribution in [0, 0.1) is 10.1 Å². The van der Waals surface area contributed by atoms with Gasteiger partial charge in [0.1, 0.15) is 17.2 Å². The van der Waals surface area contributed by atoms with Gasteiger partial charge in [-0.25, -0.2) is 0 Å². The zero-order valence-electron chi connectivity index (χ0n) is 64.9. The summed E-state index contributed by atoms with van der Waals surface area (Å²) in [5.74, 6) is -8.37. The quantitative estimate of drug-likeness (QED) is 0.0296. The van der Waals surface area contributed by atoms with E-state index in [-0.39, 0.29) is 11.1 Å². The van der Waals surface area contributed by atoms with Crippen molar-refractivity contribution < 1.29 is 90.1 Å². The van der Waals surface area contributed by atoms with Gasteiger partial charge in [-0.3, -0.25) is 14.4 Å². The van der Waals surface area contributed by atoms with Gasteiger partial charge in [-0.2, -0.15) is 0 Å². The predicted molar refractivity (Wildman–Crippen MR) is 288 cm³/mol. The molecule has 13 nitrogen and oxygen atoms in total. The van der Waals surface area contributed by atoms with Crippen molar-refractivity contribution >= 4 is 98.0 Å². The molecule has 0 saturated heterocycles. The Bertz CT molecular complexity index is 3820. The molecule has 0 spiro atoms. The molecule has 6 aromatic carbocycles. The van der Waals surface area contributed by atoms with Gasteiger partial charge in [0.15, 0.2) is 0 Å². The topological polar surface area (TPSA) is 170 Å². The van der Waals surface area contributed by atoms with Crippen molar-refractivity contribution in [3.8, 4) is 17.2 Å². The second-order valence-electron chi connectivity index (χ2n) is 13.4. The van der Waals surface area contributed by atoms with E-state index in [2.05, 4.69) is 62.1 Å². The van der Waals surface area contributed by atoms with Crippen LogP contribution in [-0.2, 0) is 28.7 Å². The minimum atomic E-state index is -4.02. The molecule has 0 aliphatic carbocycles. The summed E-state index contributed by atoms with van der Waals surface area (Å²) in [6.07, 6.45) is -21.1. The summed E-state index contributed by atoms with van der Waals surface area (Å²) in [5.41, 5.74) is 0.652. The second-order valence-corrected chi connectivity index (χ2v) is 14.6. The predicted octanol–water partition coefficient (Wildman–Crippen LogP) is 13.7. The molecule has 378 valence electrons. The molecule has 0 heterocycles. The van der Waals surface area contributed by atoms with E-state index in [0.717, 1.165) is 35.8 Å². The van der Waals surface area contributed by atoms with Crippen LogP contribution < -0.4 is 14.2 Å². The van der Waals surface area contributed by atoms with Gasteiger partial charge < -0.3 is 33.6 Å². The number of alkyl halides is 3. The Morgan fingerprint density at radius 2 is 0.829 bits per heavy atom. The Labute approximate surface area is 473 Å². The Kier molecular flexibility index (Phi) is 13.8. The second kappa shape index (κ2) is 32.4. The first kappa shape index (κ1) is 29.8. The molecule has 1 N–H and O–H groups in total. The third kappa shape index (κ3) is 20.1. The van der Waals surface area contributed by atoms with Crippen LogP contribution >= 0.6 is 47.8 Å². The molecule has 6 rings (SSSR count). The van der Waals surface area contributed by atoms with E-state index in [1.807, 2.05) is 24.3 Å². The lowest BCUT2D eigenvalue weighted by molar-refractivity contribution is -0.757. The minimum absolute atomic E-state index is 0.0431. The highest BCUT2D eigenvalue weighted by atomic mass is 79.9. The first-order valence-corrected chi connectivity index (χ1v) is 22.1. The number of aliphatic carboxylic acids is 1. The molecule has 16 heteroatoms. The highest BCUT2D eigenvalue weighted by Crippen LogP contribution is 2.28. The summed E-state index contributed by atoms with van der Waals surface area (Å²) in [5, 5.41) is 14.1. The molecule has 0 radical (unpaired) electrons. The first-order chi connectivity index (χ1) is 43.4. The number of benzene rings is 6. The average molecular weight is 1190 g/mol. The van der Waals surface area contributed by atoms with E-state index in [4.69, 9.17) is 56.3 Å². The lowest BCUT2D eigenvalue weighted by Crippen LogP contribution is -2.14. The number of carboxylic acids is 1. The summed E-state index contributed by atoms with van der Waals surface area (Å²) in [6.45, 7) is -7.84. The van der Waals surface area contributed by atoms with E-state index in [0.29, 0.717) is 33.2 Å². The average Bonchev–Trinajstić information content (AvgIpc) is 0.746. The van der Waals surface area contributed by atoms with E-state index in [1.165, 1.54) is 45.4 Å². The standard InChI is InChI=1S/C18H21BrO3.C18H21NO6.C14H14O3.C4H8Br2/c1-13(18(20)22-10-4-3-9-19)14-5-6-16-12-17(21-2)8-7-15(16)11-14;1-13(18(20)24-9-3-4-10-25-19(21)22)14-5-6-16-12-17(23-2)8-7-15(16)11-14;1-9(14(15)16)10-3-4-12-8-13(17-2)6-5-11(12)7-10;5-3-1-2-4-6/h5-8,11-13H,3-4,9-10H2,1-2H3;5-8,11-13H,3-4,9-10H2,1-2H3;3-9H,1-2H3,(H,15,16);1-4H2/t;13-;;/m.0../s1/i2*3D2,4D2,9D2,10D2,13D;9D;1D2,2D2,3D2,4D2. The van der Waals surface area contributed by atoms with Crippen molar-refractivity contribution in [2.45, 2.75) is 76.7 Å². The number of carbonyl (C=O) groups is 3. The van der Waals surface area contributed by atoms with Gasteiger partial charge in [0.25, 0.3) is 5.09 Å². The van der Waals surface area contributed by atoms with Crippen LogP contribution in [0.3, 0.4) is 0 Å². The Morgan fingerprint density at radius 3 is 1.16 bits per heavy atom. The van der Waals surface area contributed by atoms with Gasteiger partial charge >= 0.3 is 17.9 Å². The van der Waals surface area contributed by atoms with Crippen molar-refractivity contribution in [3.63, 3.8) is 0 Å². The maximum Gasteiger partial charge on any atom is 0.313 e. The van der Waals surface area contributed by atoms with Gasteiger partial charge in [0.2, 0.25) is 0 Å². The van der Waals surface area contributed by atoms with Gasteiger partial charge in [0, 0.05) is 44.6 Å². The lowest BCUT2D eigenvalue weighted by atomic mass is 9.98. The molecule has 0 bridgehead atoms. The molecule has 0 aliphatic heterocycles. The van der Waals surface area contributed by atoms with E-state index in [1.54, 1.807) is 67.8 Å². The largest absolute Gasteiger partial charge is 0.497 e. The number of hydrogen-bond donors (Lipinski definition) is 1. The lowest BCUT2D eigenvalue weighted by Gasteiger charge is -2.13.